The van der Waals surface area contributed by atoms with Gasteiger partial charge in [-0.15, -0.1) is 0 Å². The fourth-order valence-electron chi connectivity index (χ4n) is 3.77. The molecular formula is C24H24N4O4. The molecule has 164 valence electrons. The van der Waals surface area contributed by atoms with Gasteiger partial charge < -0.3 is 19.7 Å². The number of amides is 1. The number of benzene rings is 3. The zero-order chi connectivity index (χ0) is 22.8. The van der Waals surface area contributed by atoms with Gasteiger partial charge >= 0.3 is 5.97 Å². The number of esters is 1. The molecule has 1 heterocycles. The van der Waals surface area contributed by atoms with Gasteiger partial charge in [0.05, 0.1) is 36.3 Å². The van der Waals surface area contributed by atoms with Crippen LogP contribution >= 0.6 is 0 Å². The van der Waals surface area contributed by atoms with Crippen molar-refractivity contribution in [2.45, 2.75) is 6.04 Å². The number of fused-ring (bicyclic) bond motifs is 4. The molecule has 1 amide bonds. The van der Waals surface area contributed by atoms with Crippen molar-refractivity contribution in [3.05, 3.63) is 54.1 Å². The molecule has 4 rings (SSSR count). The molecule has 1 atom stereocenters. The molecule has 1 aromatic heterocycles. The predicted octanol–water partition coefficient (Wildman–Crippen LogP) is 2.78. The van der Waals surface area contributed by atoms with Gasteiger partial charge in [0, 0.05) is 17.3 Å². The summed E-state index contributed by atoms with van der Waals surface area (Å²) in [6, 6.07) is 14.0. The average Bonchev–Trinajstić information content (AvgIpc) is 2.80. The second kappa shape index (κ2) is 8.76. The van der Waals surface area contributed by atoms with Crippen LogP contribution in [0.15, 0.2) is 48.5 Å². The third-order valence-electron chi connectivity index (χ3n) is 5.25. The molecule has 0 fully saturated rings. The highest BCUT2D eigenvalue weighted by Crippen LogP contribution is 2.31. The number of likely N-dealkylation sites (N-methyl/N-ethyl adjacent to an activating group) is 1. The molecule has 0 radical (unpaired) electrons. The van der Waals surface area contributed by atoms with Crippen molar-refractivity contribution in [3.8, 4) is 5.75 Å². The molecule has 8 heteroatoms. The van der Waals surface area contributed by atoms with E-state index in [0.717, 1.165) is 22.0 Å². The van der Waals surface area contributed by atoms with Crippen LogP contribution in [0.25, 0.3) is 32.8 Å². The number of rotatable bonds is 6. The lowest BCUT2D eigenvalue weighted by atomic mass is 10.1. The van der Waals surface area contributed by atoms with Gasteiger partial charge in [0.15, 0.2) is 0 Å². The van der Waals surface area contributed by atoms with Crippen molar-refractivity contribution in [2.75, 3.05) is 34.9 Å². The molecule has 0 aliphatic carbocycles. The Hall–Kier alpha value is -3.78. The molecule has 0 saturated heterocycles. The van der Waals surface area contributed by atoms with Gasteiger partial charge in [-0.25, -0.2) is 14.8 Å². The normalized spacial score (nSPS) is 12.3. The Balaban J connectivity index is 1.84. The molecular weight excluding hydrogens is 408 g/mol. The fourth-order valence-corrected chi connectivity index (χ4v) is 3.77. The van der Waals surface area contributed by atoms with Gasteiger partial charge in [0.1, 0.15) is 17.3 Å². The Kier molecular flexibility index (Phi) is 5.87. The summed E-state index contributed by atoms with van der Waals surface area (Å²) in [5.74, 6) is -0.192. The average molecular weight is 432 g/mol. The van der Waals surface area contributed by atoms with Gasteiger partial charge in [-0.05, 0) is 44.4 Å². The minimum Gasteiger partial charge on any atom is -0.496 e. The summed E-state index contributed by atoms with van der Waals surface area (Å²) in [4.78, 5) is 36.7. The highest BCUT2D eigenvalue weighted by molar-refractivity contribution is 6.11. The topological polar surface area (TPSA) is 93.7 Å². The van der Waals surface area contributed by atoms with Crippen LogP contribution < -0.4 is 10.1 Å². The smallest absolute Gasteiger partial charge is 0.329 e. The zero-order valence-corrected chi connectivity index (χ0v) is 18.4. The molecule has 0 bridgehead atoms. The maximum Gasteiger partial charge on any atom is 0.329 e. The molecule has 0 saturated carbocycles. The molecule has 4 aromatic rings. The molecule has 0 aliphatic rings. The van der Waals surface area contributed by atoms with Gasteiger partial charge in [-0.1, -0.05) is 18.2 Å². The van der Waals surface area contributed by atoms with Crippen LogP contribution in [0.5, 0.6) is 5.75 Å². The summed E-state index contributed by atoms with van der Waals surface area (Å²) in [6.07, 6.45) is 0. The molecule has 3 aromatic carbocycles. The highest BCUT2D eigenvalue weighted by atomic mass is 16.5. The van der Waals surface area contributed by atoms with Crippen molar-refractivity contribution in [2.24, 2.45) is 0 Å². The number of hydrogen-bond acceptors (Lipinski definition) is 7. The lowest BCUT2D eigenvalue weighted by Gasteiger charge is -2.20. The Morgan fingerprint density at radius 2 is 1.69 bits per heavy atom. The van der Waals surface area contributed by atoms with Crippen molar-refractivity contribution in [3.63, 3.8) is 0 Å². The van der Waals surface area contributed by atoms with Crippen molar-refractivity contribution >= 4 is 44.7 Å². The van der Waals surface area contributed by atoms with Crippen LogP contribution in [0, 0.1) is 0 Å². The van der Waals surface area contributed by atoms with Crippen LogP contribution in [0.4, 0.5) is 0 Å². The van der Waals surface area contributed by atoms with Crippen LogP contribution in [-0.2, 0) is 9.53 Å². The predicted molar refractivity (Wildman–Crippen MR) is 123 cm³/mol. The number of carbonyl (C=O) groups is 2. The van der Waals surface area contributed by atoms with Crippen LogP contribution in [0.1, 0.15) is 10.4 Å². The highest BCUT2D eigenvalue weighted by Gasteiger charge is 2.24. The monoisotopic (exact) mass is 432 g/mol. The maximum atomic E-state index is 13.1. The van der Waals surface area contributed by atoms with E-state index in [1.807, 2.05) is 50.5 Å². The van der Waals surface area contributed by atoms with E-state index in [1.165, 1.54) is 7.11 Å². The van der Waals surface area contributed by atoms with E-state index in [4.69, 9.17) is 19.4 Å². The number of carbonyl (C=O) groups excluding carboxylic acids is 2. The number of aromatic nitrogens is 2. The van der Waals surface area contributed by atoms with Gasteiger partial charge in [-0.3, -0.25) is 4.79 Å². The Morgan fingerprint density at radius 3 is 2.41 bits per heavy atom. The lowest BCUT2D eigenvalue weighted by molar-refractivity contribution is -0.143. The van der Waals surface area contributed by atoms with Crippen LogP contribution in [0.2, 0.25) is 0 Å². The molecule has 0 aliphatic heterocycles. The zero-order valence-electron chi connectivity index (χ0n) is 18.4. The van der Waals surface area contributed by atoms with E-state index in [1.54, 1.807) is 24.1 Å². The number of methoxy groups -OCH3 is 2. The number of nitrogens with zero attached hydrogens (tertiary/aromatic N) is 3. The van der Waals surface area contributed by atoms with E-state index in [0.29, 0.717) is 28.7 Å². The number of nitrogens with one attached hydrogen (secondary N) is 1. The van der Waals surface area contributed by atoms with Crippen LogP contribution in [-0.4, -0.2) is 67.6 Å². The largest absolute Gasteiger partial charge is 0.496 e. The van der Waals surface area contributed by atoms with Gasteiger partial charge in [0.25, 0.3) is 5.91 Å². The Labute approximate surface area is 185 Å². The Bertz CT molecular complexity index is 1340. The first-order valence-electron chi connectivity index (χ1n) is 10.1. The molecule has 0 spiro atoms. The molecule has 8 nitrogen and oxygen atoms in total. The van der Waals surface area contributed by atoms with Crippen molar-refractivity contribution in [1.29, 1.82) is 0 Å². The minimum absolute atomic E-state index is 0.308. The molecule has 1 unspecified atom stereocenters. The Morgan fingerprint density at radius 1 is 0.938 bits per heavy atom. The second-order valence-corrected chi connectivity index (χ2v) is 7.70. The van der Waals surface area contributed by atoms with E-state index in [2.05, 4.69) is 5.32 Å². The lowest BCUT2D eigenvalue weighted by Crippen LogP contribution is -2.47. The van der Waals surface area contributed by atoms with E-state index in [9.17, 15) is 9.59 Å². The summed E-state index contributed by atoms with van der Waals surface area (Å²) in [5, 5.41) is 4.56. The fraction of sp³-hybridized carbons (Fsp3) is 0.250. The standard InChI is InChI=1S/C24H24N4O4/c1-28(2)13-19(24(30)32-4)26-23(29)16-8-5-9-17-22(16)27-21-15-7-6-10-20(31-3)14(15)11-12-18(21)25-17/h5-12,19H,13H2,1-4H3,(H,26,29). The van der Waals surface area contributed by atoms with Gasteiger partial charge in [-0.2, -0.15) is 0 Å². The van der Waals surface area contributed by atoms with Gasteiger partial charge in [0.2, 0.25) is 0 Å². The SMILES string of the molecule is COC(=O)C(CN(C)C)NC(=O)c1cccc2nc3ccc4c(OC)cccc4c3nc12. The third kappa shape index (κ3) is 3.92. The quantitative estimate of drug-likeness (QED) is 0.284. The maximum absolute atomic E-state index is 13.1. The summed E-state index contributed by atoms with van der Waals surface area (Å²) in [7, 11) is 6.55. The van der Waals surface area contributed by atoms with E-state index >= 15 is 0 Å². The second-order valence-electron chi connectivity index (χ2n) is 7.70. The van der Waals surface area contributed by atoms with Crippen molar-refractivity contribution < 1.29 is 19.1 Å². The van der Waals surface area contributed by atoms with Crippen molar-refractivity contribution in [1.82, 2.24) is 20.2 Å². The summed E-state index contributed by atoms with van der Waals surface area (Å²) < 4.78 is 10.3. The van der Waals surface area contributed by atoms with E-state index < -0.39 is 17.9 Å². The van der Waals surface area contributed by atoms with Crippen LogP contribution in [0.3, 0.4) is 0 Å². The molecule has 32 heavy (non-hydrogen) atoms. The minimum atomic E-state index is -0.809. The molecule has 1 N–H and O–H groups in total. The number of ether oxygens (including phenoxy) is 2. The number of hydrogen-bond donors (Lipinski definition) is 1. The van der Waals surface area contributed by atoms with E-state index in [-0.39, 0.29) is 0 Å². The summed E-state index contributed by atoms with van der Waals surface area (Å²) >= 11 is 0. The number of para-hydroxylation sites is 1. The summed E-state index contributed by atoms with van der Waals surface area (Å²) in [5.41, 5.74) is 2.78. The first kappa shape index (κ1) is 21.5. The summed E-state index contributed by atoms with van der Waals surface area (Å²) in [6.45, 7) is 0.308. The third-order valence-corrected chi connectivity index (χ3v) is 5.25. The first-order valence-corrected chi connectivity index (χ1v) is 10.1. The first-order chi connectivity index (χ1) is 15.4.